The molecule has 2 atom stereocenters. The number of rotatable bonds is 5. The van der Waals surface area contributed by atoms with Crippen LogP contribution in [-0.2, 0) is 6.42 Å². The quantitative estimate of drug-likeness (QED) is 0.595. The fourth-order valence-corrected chi connectivity index (χ4v) is 5.42. The second-order valence-electron chi connectivity index (χ2n) is 9.24. The highest BCUT2D eigenvalue weighted by molar-refractivity contribution is 6.31. The Morgan fingerprint density at radius 1 is 1.21 bits per heavy atom. The summed E-state index contributed by atoms with van der Waals surface area (Å²) in [5.41, 5.74) is 4.36. The van der Waals surface area contributed by atoms with Gasteiger partial charge in [-0.3, -0.25) is 0 Å². The first kappa shape index (κ1) is 22.0. The van der Waals surface area contributed by atoms with Gasteiger partial charge in [0.05, 0.1) is 23.4 Å². The molecule has 0 aliphatic carbocycles. The van der Waals surface area contributed by atoms with Gasteiger partial charge in [0.2, 0.25) is 5.88 Å². The molecule has 0 bridgehead atoms. The number of anilines is 1. The van der Waals surface area contributed by atoms with E-state index in [-0.39, 0.29) is 11.5 Å². The molecule has 1 spiro atoms. The van der Waals surface area contributed by atoms with Crippen LogP contribution in [0, 0.1) is 6.92 Å². The molecule has 5 rings (SSSR count). The maximum absolute atomic E-state index is 6.44. The third kappa shape index (κ3) is 4.39. The molecule has 3 aromatic rings. The van der Waals surface area contributed by atoms with Crippen molar-refractivity contribution in [3.63, 3.8) is 0 Å². The molecule has 172 valence electrons. The average Bonchev–Trinajstić information content (AvgIpc) is 3.20. The number of nitrogens with one attached hydrogen (secondary N) is 1. The van der Waals surface area contributed by atoms with Crippen molar-refractivity contribution in [1.29, 1.82) is 0 Å². The predicted molar refractivity (Wildman–Crippen MR) is 130 cm³/mol. The highest BCUT2D eigenvalue weighted by atomic mass is 35.5. The molecule has 0 saturated carbocycles. The van der Waals surface area contributed by atoms with Gasteiger partial charge in [0, 0.05) is 49.9 Å². The SMILES string of the molecule is COc1cc([C@@H](C)CN2CC[C@@]3(CCc4cc(-c5ncccn5)c(C)nc4N3)C2)c(Cl)cn1. The van der Waals surface area contributed by atoms with Crippen LogP contribution in [0.15, 0.2) is 36.8 Å². The van der Waals surface area contributed by atoms with Crippen LogP contribution >= 0.6 is 11.6 Å². The lowest BCUT2D eigenvalue weighted by atomic mass is 9.86. The standard InChI is InChI=1S/C25H29ClN6O/c1-16(19-12-22(33-3)29-13-21(19)26)14-32-10-7-25(15-32)6-5-18-11-20(17(2)30-23(18)31-25)24-27-8-4-9-28-24/h4,8-9,11-13,16H,5-7,10,14-15H2,1-3H3,(H,30,31)/t16-,25-/m0/s1. The Kier molecular flexibility index (Phi) is 5.93. The van der Waals surface area contributed by atoms with Crippen molar-refractivity contribution in [2.24, 2.45) is 0 Å². The van der Waals surface area contributed by atoms with Gasteiger partial charge < -0.3 is 15.0 Å². The van der Waals surface area contributed by atoms with E-state index in [1.807, 2.05) is 19.1 Å². The van der Waals surface area contributed by atoms with Crippen LogP contribution < -0.4 is 10.1 Å². The van der Waals surface area contributed by atoms with Gasteiger partial charge in [-0.25, -0.2) is 19.9 Å². The van der Waals surface area contributed by atoms with E-state index < -0.39 is 0 Å². The van der Waals surface area contributed by atoms with E-state index in [0.717, 1.165) is 67.4 Å². The van der Waals surface area contributed by atoms with Gasteiger partial charge in [0.15, 0.2) is 5.82 Å². The first-order valence-corrected chi connectivity index (χ1v) is 11.8. The van der Waals surface area contributed by atoms with Crippen LogP contribution in [-0.4, -0.2) is 57.1 Å². The number of aryl methyl sites for hydroxylation is 2. The number of nitrogens with zero attached hydrogens (tertiary/aromatic N) is 5. The summed E-state index contributed by atoms with van der Waals surface area (Å²) in [6, 6.07) is 6.00. The molecule has 0 radical (unpaired) electrons. The molecule has 33 heavy (non-hydrogen) atoms. The molecule has 3 aromatic heterocycles. The van der Waals surface area contributed by atoms with Crippen LogP contribution in [0.5, 0.6) is 5.88 Å². The van der Waals surface area contributed by atoms with Gasteiger partial charge in [0.1, 0.15) is 5.82 Å². The summed E-state index contributed by atoms with van der Waals surface area (Å²) < 4.78 is 5.29. The Hall–Kier alpha value is -2.77. The van der Waals surface area contributed by atoms with Crippen LogP contribution in [0.2, 0.25) is 5.02 Å². The second-order valence-corrected chi connectivity index (χ2v) is 9.65. The normalized spacial score (nSPS) is 21.0. The lowest BCUT2D eigenvalue weighted by molar-refractivity contribution is 0.295. The number of ether oxygens (including phenoxy) is 1. The monoisotopic (exact) mass is 464 g/mol. The van der Waals surface area contributed by atoms with Gasteiger partial charge in [-0.1, -0.05) is 18.5 Å². The molecule has 1 saturated heterocycles. The van der Waals surface area contributed by atoms with E-state index in [1.165, 1.54) is 5.56 Å². The number of fused-ring (bicyclic) bond motifs is 1. The summed E-state index contributed by atoms with van der Waals surface area (Å²) in [7, 11) is 1.63. The smallest absolute Gasteiger partial charge is 0.213 e. The van der Waals surface area contributed by atoms with Crippen LogP contribution in [0.4, 0.5) is 5.82 Å². The summed E-state index contributed by atoms with van der Waals surface area (Å²) in [6.45, 7) is 7.25. The highest BCUT2D eigenvalue weighted by Crippen LogP contribution is 2.38. The molecule has 7 nitrogen and oxygen atoms in total. The molecule has 0 aromatic carbocycles. The third-order valence-electron chi connectivity index (χ3n) is 6.92. The van der Waals surface area contributed by atoms with Gasteiger partial charge >= 0.3 is 0 Å². The summed E-state index contributed by atoms with van der Waals surface area (Å²) in [6.07, 6.45) is 8.44. The summed E-state index contributed by atoms with van der Waals surface area (Å²) in [5.74, 6) is 2.63. The molecule has 5 heterocycles. The van der Waals surface area contributed by atoms with E-state index >= 15 is 0 Å². The van der Waals surface area contributed by atoms with Crippen molar-refractivity contribution < 1.29 is 4.74 Å². The summed E-state index contributed by atoms with van der Waals surface area (Å²) in [4.78, 5) is 20.5. The Morgan fingerprint density at radius 3 is 2.82 bits per heavy atom. The van der Waals surface area contributed by atoms with Crippen molar-refractivity contribution in [3.8, 4) is 17.3 Å². The number of methoxy groups -OCH3 is 1. The zero-order valence-electron chi connectivity index (χ0n) is 19.3. The zero-order chi connectivity index (χ0) is 23.0. The maximum Gasteiger partial charge on any atom is 0.213 e. The molecule has 0 amide bonds. The van der Waals surface area contributed by atoms with Gasteiger partial charge in [-0.2, -0.15) is 0 Å². The third-order valence-corrected chi connectivity index (χ3v) is 7.24. The Labute approximate surface area is 199 Å². The van der Waals surface area contributed by atoms with Gasteiger partial charge in [-0.05, 0) is 55.4 Å². The number of hydrogen-bond donors (Lipinski definition) is 1. The molecule has 1 N–H and O–H groups in total. The average molecular weight is 465 g/mol. The number of likely N-dealkylation sites (tertiary alicyclic amines) is 1. The zero-order valence-corrected chi connectivity index (χ0v) is 20.1. The van der Waals surface area contributed by atoms with E-state index in [9.17, 15) is 0 Å². The minimum absolute atomic E-state index is 0.0661. The molecular formula is C25H29ClN6O. The number of hydrogen-bond acceptors (Lipinski definition) is 7. The van der Waals surface area contributed by atoms with Crippen molar-refractivity contribution in [2.45, 2.75) is 44.6 Å². The first-order chi connectivity index (χ1) is 16.0. The van der Waals surface area contributed by atoms with Gasteiger partial charge in [-0.15, -0.1) is 0 Å². The molecule has 2 aliphatic rings. The Morgan fingerprint density at radius 2 is 2.03 bits per heavy atom. The van der Waals surface area contributed by atoms with E-state index in [2.05, 4.69) is 38.2 Å². The summed E-state index contributed by atoms with van der Waals surface area (Å²) in [5, 5.41) is 4.51. The van der Waals surface area contributed by atoms with E-state index in [1.54, 1.807) is 25.7 Å². The molecule has 0 unspecified atom stereocenters. The molecule has 8 heteroatoms. The second kappa shape index (κ2) is 8.88. The Balaban J connectivity index is 1.29. The fourth-order valence-electron chi connectivity index (χ4n) is 5.13. The maximum atomic E-state index is 6.44. The first-order valence-electron chi connectivity index (χ1n) is 11.4. The van der Waals surface area contributed by atoms with Crippen molar-refractivity contribution in [1.82, 2.24) is 24.8 Å². The molecule has 1 fully saturated rings. The van der Waals surface area contributed by atoms with Crippen molar-refractivity contribution in [2.75, 3.05) is 32.1 Å². The minimum Gasteiger partial charge on any atom is -0.481 e. The highest BCUT2D eigenvalue weighted by Gasteiger charge is 2.41. The minimum atomic E-state index is 0.0661. The number of pyridine rings is 2. The Bertz CT molecular complexity index is 1160. The molecule has 2 aliphatic heterocycles. The van der Waals surface area contributed by atoms with Crippen molar-refractivity contribution in [3.05, 3.63) is 58.6 Å². The molecular weight excluding hydrogens is 436 g/mol. The van der Waals surface area contributed by atoms with Gasteiger partial charge in [0.25, 0.3) is 0 Å². The van der Waals surface area contributed by atoms with Crippen LogP contribution in [0.1, 0.15) is 42.5 Å². The van der Waals surface area contributed by atoms with Crippen LogP contribution in [0.3, 0.4) is 0 Å². The van der Waals surface area contributed by atoms with Crippen molar-refractivity contribution >= 4 is 17.4 Å². The number of halogens is 1. The lowest BCUT2D eigenvalue weighted by Crippen LogP contribution is -2.45. The largest absolute Gasteiger partial charge is 0.481 e. The fraction of sp³-hybridized carbons (Fsp3) is 0.440. The predicted octanol–water partition coefficient (Wildman–Crippen LogP) is 4.51. The lowest BCUT2D eigenvalue weighted by Gasteiger charge is -2.37. The topological polar surface area (TPSA) is 76.1 Å². The summed E-state index contributed by atoms with van der Waals surface area (Å²) >= 11 is 6.44. The van der Waals surface area contributed by atoms with Crippen LogP contribution in [0.25, 0.3) is 11.4 Å². The number of aromatic nitrogens is 4. The van der Waals surface area contributed by atoms with E-state index in [0.29, 0.717) is 10.9 Å². The van der Waals surface area contributed by atoms with E-state index in [4.69, 9.17) is 21.3 Å².